The average molecular weight is 269 g/mol. The van der Waals surface area contributed by atoms with Crippen molar-refractivity contribution in [2.75, 3.05) is 13.2 Å². The van der Waals surface area contributed by atoms with Gasteiger partial charge in [-0.2, -0.15) is 6.42 Å². The van der Waals surface area contributed by atoms with E-state index in [-0.39, 0.29) is 0 Å². The van der Waals surface area contributed by atoms with Crippen molar-refractivity contribution in [3.05, 3.63) is 6.92 Å². The third-order valence-corrected chi connectivity index (χ3v) is 1.38. The second-order valence-electron chi connectivity index (χ2n) is 3.01. The SMILES string of the molecule is CCCCO.CCCCO.[CH2-]CCC.[O]=[Ti+]. The topological polar surface area (TPSA) is 57.5 Å². The standard InChI is InChI=1S/2C4H10O.C4H9.O.Ti/c2*1-2-3-4-5;1-3-4-2;;/h2*5H,2-4H2,1H3;1,3-4H2,2H3;;/q;;-1;;+1. The minimum atomic E-state index is 0.344. The van der Waals surface area contributed by atoms with E-state index in [4.69, 9.17) is 13.5 Å². The Morgan fingerprint density at radius 2 is 1.12 bits per heavy atom. The van der Waals surface area contributed by atoms with E-state index in [0.717, 1.165) is 52.5 Å². The van der Waals surface area contributed by atoms with Crippen molar-refractivity contribution in [3.63, 3.8) is 0 Å². The van der Waals surface area contributed by atoms with Gasteiger partial charge in [-0.15, -0.1) is 0 Å². The maximum atomic E-state index is 8.25. The molecule has 16 heavy (non-hydrogen) atoms. The van der Waals surface area contributed by atoms with Gasteiger partial charge < -0.3 is 17.1 Å². The van der Waals surface area contributed by atoms with Crippen LogP contribution >= 0.6 is 0 Å². The van der Waals surface area contributed by atoms with E-state index in [9.17, 15) is 0 Å². The van der Waals surface area contributed by atoms with Crippen LogP contribution < -0.4 is 0 Å². The molecule has 2 N–H and O–H groups in total. The van der Waals surface area contributed by atoms with Gasteiger partial charge in [0.05, 0.1) is 0 Å². The van der Waals surface area contributed by atoms with Crippen molar-refractivity contribution >= 4 is 0 Å². The van der Waals surface area contributed by atoms with Gasteiger partial charge in [-0.05, 0) is 12.8 Å². The van der Waals surface area contributed by atoms with Gasteiger partial charge in [0.15, 0.2) is 0 Å². The molecular weight excluding hydrogens is 240 g/mol. The van der Waals surface area contributed by atoms with Gasteiger partial charge in [0, 0.05) is 13.2 Å². The Kier molecular flexibility index (Phi) is 71.5. The molecule has 0 aliphatic heterocycles. The minimum absolute atomic E-state index is 0.344. The number of hydrogen-bond acceptors (Lipinski definition) is 3. The van der Waals surface area contributed by atoms with Crippen molar-refractivity contribution in [1.29, 1.82) is 0 Å². The number of aliphatic hydroxyl groups is 2. The van der Waals surface area contributed by atoms with Crippen molar-refractivity contribution < 1.29 is 33.9 Å². The molecule has 4 heteroatoms. The van der Waals surface area contributed by atoms with E-state index in [2.05, 4.69) is 27.7 Å². The normalized spacial score (nSPS) is 7.50. The number of unbranched alkanes of at least 4 members (excludes halogenated alkanes) is 3. The molecule has 0 heterocycles. The van der Waals surface area contributed by atoms with Gasteiger partial charge in [0.1, 0.15) is 0 Å². The molecule has 0 fully saturated rings. The van der Waals surface area contributed by atoms with Gasteiger partial charge >= 0.3 is 23.7 Å². The van der Waals surface area contributed by atoms with Crippen LogP contribution in [0.15, 0.2) is 0 Å². The van der Waals surface area contributed by atoms with E-state index in [0.29, 0.717) is 13.2 Å². The van der Waals surface area contributed by atoms with E-state index in [1.54, 1.807) is 0 Å². The summed E-state index contributed by atoms with van der Waals surface area (Å²) in [5, 5.41) is 16.1. The van der Waals surface area contributed by atoms with Gasteiger partial charge in [0.25, 0.3) is 0 Å². The molecule has 0 amide bonds. The van der Waals surface area contributed by atoms with Crippen LogP contribution in [0.5, 0.6) is 0 Å². The van der Waals surface area contributed by atoms with Crippen molar-refractivity contribution in [1.82, 2.24) is 0 Å². The Labute approximate surface area is 113 Å². The molecule has 99 valence electrons. The Morgan fingerprint density at radius 3 is 1.12 bits per heavy atom. The molecule has 0 saturated carbocycles. The first kappa shape index (κ1) is 25.3. The molecule has 0 rings (SSSR count). The first-order chi connectivity index (χ1) is 7.74. The van der Waals surface area contributed by atoms with Crippen molar-refractivity contribution in [2.24, 2.45) is 0 Å². The summed E-state index contributed by atoms with van der Waals surface area (Å²) in [6.07, 6.45) is 6.35. The van der Waals surface area contributed by atoms with Crippen LogP contribution in [0, 0.1) is 6.92 Å². The molecule has 0 bridgehead atoms. The summed E-state index contributed by atoms with van der Waals surface area (Å²) >= 11 is 0.750. The number of rotatable bonds is 5. The fraction of sp³-hybridized carbons (Fsp3) is 0.917. The van der Waals surface area contributed by atoms with Crippen LogP contribution in [0.4, 0.5) is 0 Å². The second-order valence-corrected chi connectivity index (χ2v) is 3.01. The zero-order valence-corrected chi connectivity index (χ0v) is 12.7. The first-order valence-electron chi connectivity index (χ1n) is 5.96. The molecule has 0 aromatic rings. The summed E-state index contributed by atoms with van der Waals surface area (Å²) in [7, 11) is 0. The van der Waals surface area contributed by atoms with E-state index >= 15 is 0 Å². The molecular formula is C12H29O3Ti. The van der Waals surface area contributed by atoms with Crippen LogP contribution in [0.25, 0.3) is 0 Å². The van der Waals surface area contributed by atoms with E-state index in [1.807, 2.05) is 0 Å². The van der Waals surface area contributed by atoms with Crippen LogP contribution in [0.1, 0.15) is 59.3 Å². The summed E-state index contributed by atoms with van der Waals surface area (Å²) in [4.78, 5) is 0. The fourth-order valence-corrected chi connectivity index (χ4v) is 0.316. The first-order valence-corrected chi connectivity index (χ1v) is 6.60. The molecule has 0 aliphatic carbocycles. The van der Waals surface area contributed by atoms with Crippen LogP contribution in [0.2, 0.25) is 0 Å². The van der Waals surface area contributed by atoms with Crippen LogP contribution in [-0.4, -0.2) is 23.4 Å². The molecule has 0 unspecified atom stereocenters. The Balaban J connectivity index is -0.0000000629. The summed E-state index contributed by atoms with van der Waals surface area (Å²) in [6.45, 7) is 10.5. The zero-order valence-electron chi connectivity index (χ0n) is 11.2. The van der Waals surface area contributed by atoms with Gasteiger partial charge in [-0.25, -0.2) is 0 Å². The molecule has 0 spiro atoms. The average Bonchev–Trinajstić information content (AvgIpc) is 2.35. The van der Waals surface area contributed by atoms with E-state index < -0.39 is 0 Å². The summed E-state index contributed by atoms with van der Waals surface area (Å²) in [5.41, 5.74) is 0. The fourth-order valence-electron chi connectivity index (χ4n) is 0.316. The maximum absolute atomic E-state index is 8.25. The number of hydrogen-bond donors (Lipinski definition) is 2. The molecule has 0 saturated heterocycles. The van der Waals surface area contributed by atoms with Gasteiger partial charge in [0.2, 0.25) is 0 Å². The third-order valence-electron chi connectivity index (χ3n) is 1.38. The Morgan fingerprint density at radius 1 is 0.875 bits per heavy atom. The summed E-state index contributed by atoms with van der Waals surface area (Å²) < 4.78 is 8.25. The summed E-state index contributed by atoms with van der Waals surface area (Å²) in [6, 6.07) is 0. The van der Waals surface area contributed by atoms with E-state index in [1.165, 1.54) is 6.42 Å². The Bertz CT molecular complexity index is 61.3. The monoisotopic (exact) mass is 269 g/mol. The molecule has 0 aromatic heterocycles. The predicted octanol–water partition coefficient (Wildman–Crippen LogP) is 3.06. The molecule has 0 atom stereocenters. The van der Waals surface area contributed by atoms with Gasteiger partial charge in [-0.3, -0.25) is 0 Å². The molecule has 3 nitrogen and oxygen atoms in total. The molecule has 0 radical (unpaired) electrons. The third kappa shape index (κ3) is 88.2. The van der Waals surface area contributed by atoms with Crippen molar-refractivity contribution in [3.8, 4) is 0 Å². The number of aliphatic hydroxyl groups excluding tert-OH is 2. The van der Waals surface area contributed by atoms with Crippen molar-refractivity contribution in [2.45, 2.75) is 59.3 Å². The summed E-state index contributed by atoms with van der Waals surface area (Å²) in [5.74, 6) is 0. The molecule has 0 aromatic carbocycles. The predicted molar refractivity (Wildman–Crippen MR) is 64.9 cm³/mol. The van der Waals surface area contributed by atoms with Crippen LogP contribution in [0.3, 0.4) is 0 Å². The van der Waals surface area contributed by atoms with Gasteiger partial charge in [-0.1, -0.05) is 40.0 Å². The van der Waals surface area contributed by atoms with Crippen LogP contribution in [-0.2, 0) is 23.7 Å². The second kappa shape index (κ2) is 45.2. The quantitative estimate of drug-likeness (QED) is 0.595. The molecule has 0 aliphatic rings. The Hall–Kier alpha value is 0.434. The zero-order chi connectivity index (χ0) is 13.7.